The van der Waals surface area contributed by atoms with Crippen LogP contribution in [0.15, 0.2) is 54.7 Å². The third-order valence-corrected chi connectivity index (χ3v) is 3.36. The lowest BCUT2D eigenvalue weighted by molar-refractivity contribution is 0.415. The van der Waals surface area contributed by atoms with E-state index in [1.807, 2.05) is 48.5 Å². The standard InChI is InChI=1S/C16H14ClN3O/c1-21-14-7-5-11(6-8-14)16-15(10-18-20-16)19-13-4-2-3-12(17)9-13/h2-10,19H,1H3,(H,18,20). The maximum absolute atomic E-state index is 6.00. The van der Waals surface area contributed by atoms with Crippen LogP contribution in [0, 0.1) is 0 Å². The van der Waals surface area contributed by atoms with Gasteiger partial charge in [-0.15, -0.1) is 0 Å². The second-order valence-electron chi connectivity index (χ2n) is 4.52. The monoisotopic (exact) mass is 299 g/mol. The van der Waals surface area contributed by atoms with Crippen molar-refractivity contribution in [2.24, 2.45) is 0 Å². The van der Waals surface area contributed by atoms with Gasteiger partial charge in [0, 0.05) is 16.3 Å². The van der Waals surface area contributed by atoms with Crippen LogP contribution < -0.4 is 10.1 Å². The van der Waals surface area contributed by atoms with Crippen molar-refractivity contribution >= 4 is 23.0 Å². The summed E-state index contributed by atoms with van der Waals surface area (Å²) < 4.78 is 5.17. The molecule has 0 fully saturated rings. The molecule has 4 nitrogen and oxygen atoms in total. The number of hydrogen-bond donors (Lipinski definition) is 2. The summed E-state index contributed by atoms with van der Waals surface area (Å²) >= 11 is 6.00. The Morgan fingerprint density at radius 1 is 1.14 bits per heavy atom. The van der Waals surface area contributed by atoms with Crippen LogP contribution in [0.1, 0.15) is 0 Å². The molecule has 0 saturated heterocycles. The Kier molecular flexibility index (Phi) is 3.79. The quantitative estimate of drug-likeness (QED) is 0.746. The molecule has 3 rings (SSSR count). The predicted octanol–water partition coefficient (Wildman–Crippen LogP) is 4.48. The molecule has 3 aromatic rings. The molecular formula is C16H14ClN3O. The van der Waals surface area contributed by atoms with E-state index in [0.717, 1.165) is 28.4 Å². The van der Waals surface area contributed by atoms with Crippen molar-refractivity contribution in [2.45, 2.75) is 0 Å². The molecule has 5 heteroatoms. The number of hydrogen-bond acceptors (Lipinski definition) is 3. The molecule has 0 unspecified atom stereocenters. The first kappa shape index (κ1) is 13.5. The summed E-state index contributed by atoms with van der Waals surface area (Å²) in [6.07, 6.45) is 1.75. The summed E-state index contributed by atoms with van der Waals surface area (Å²) in [5.74, 6) is 0.822. The maximum Gasteiger partial charge on any atom is 0.118 e. The van der Waals surface area contributed by atoms with Crippen molar-refractivity contribution in [1.82, 2.24) is 10.2 Å². The van der Waals surface area contributed by atoms with E-state index >= 15 is 0 Å². The Morgan fingerprint density at radius 3 is 2.67 bits per heavy atom. The fourth-order valence-corrected chi connectivity index (χ4v) is 2.27. The first-order chi connectivity index (χ1) is 10.3. The van der Waals surface area contributed by atoms with Crippen molar-refractivity contribution in [2.75, 3.05) is 12.4 Å². The van der Waals surface area contributed by atoms with Crippen LogP contribution in [-0.4, -0.2) is 17.3 Å². The van der Waals surface area contributed by atoms with Crippen LogP contribution in [-0.2, 0) is 0 Å². The van der Waals surface area contributed by atoms with E-state index in [9.17, 15) is 0 Å². The lowest BCUT2D eigenvalue weighted by atomic mass is 10.1. The minimum absolute atomic E-state index is 0.689. The van der Waals surface area contributed by atoms with Gasteiger partial charge in [-0.1, -0.05) is 17.7 Å². The zero-order valence-electron chi connectivity index (χ0n) is 11.4. The van der Waals surface area contributed by atoms with Crippen molar-refractivity contribution in [3.05, 3.63) is 59.8 Å². The maximum atomic E-state index is 6.00. The summed E-state index contributed by atoms with van der Waals surface area (Å²) in [7, 11) is 1.65. The van der Waals surface area contributed by atoms with Gasteiger partial charge in [-0.25, -0.2) is 0 Å². The average molecular weight is 300 g/mol. The molecule has 2 aromatic carbocycles. The van der Waals surface area contributed by atoms with Gasteiger partial charge in [0.15, 0.2) is 0 Å². The number of rotatable bonds is 4. The molecule has 0 aliphatic rings. The number of methoxy groups -OCH3 is 1. The van der Waals surface area contributed by atoms with Gasteiger partial charge in [0.25, 0.3) is 0 Å². The number of halogens is 1. The molecular weight excluding hydrogens is 286 g/mol. The summed E-state index contributed by atoms with van der Waals surface area (Å²) in [6.45, 7) is 0. The topological polar surface area (TPSA) is 49.9 Å². The van der Waals surface area contributed by atoms with Crippen molar-refractivity contribution in [1.29, 1.82) is 0 Å². The van der Waals surface area contributed by atoms with E-state index in [1.54, 1.807) is 13.3 Å². The number of aromatic amines is 1. The zero-order chi connectivity index (χ0) is 14.7. The van der Waals surface area contributed by atoms with Gasteiger partial charge < -0.3 is 10.1 Å². The van der Waals surface area contributed by atoms with Crippen molar-refractivity contribution in [3.8, 4) is 17.0 Å². The Morgan fingerprint density at radius 2 is 1.95 bits per heavy atom. The highest BCUT2D eigenvalue weighted by atomic mass is 35.5. The smallest absolute Gasteiger partial charge is 0.118 e. The molecule has 0 spiro atoms. The summed E-state index contributed by atoms with van der Waals surface area (Å²) in [4.78, 5) is 0. The molecule has 0 amide bonds. The fourth-order valence-electron chi connectivity index (χ4n) is 2.08. The predicted molar refractivity (Wildman–Crippen MR) is 85.3 cm³/mol. The molecule has 0 aliphatic carbocycles. The van der Waals surface area contributed by atoms with E-state index in [-0.39, 0.29) is 0 Å². The molecule has 0 aliphatic heterocycles. The van der Waals surface area contributed by atoms with Gasteiger partial charge in [0.05, 0.1) is 24.7 Å². The molecule has 21 heavy (non-hydrogen) atoms. The fraction of sp³-hybridized carbons (Fsp3) is 0.0625. The third-order valence-electron chi connectivity index (χ3n) is 3.12. The highest BCUT2D eigenvalue weighted by Gasteiger charge is 2.08. The molecule has 0 radical (unpaired) electrons. The number of aromatic nitrogens is 2. The molecule has 2 N–H and O–H groups in total. The van der Waals surface area contributed by atoms with Gasteiger partial charge in [0.2, 0.25) is 0 Å². The Balaban J connectivity index is 1.89. The highest BCUT2D eigenvalue weighted by Crippen LogP contribution is 2.29. The summed E-state index contributed by atoms with van der Waals surface area (Å²) in [5.41, 5.74) is 3.75. The number of H-pyrrole nitrogens is 1. The lowest BCUT2D eigenvalue weighted by Crippen LogP contribution is -1.91. The first-order valence-corrected chi connectivity index (χ1v) is 6.84. The first-order valence-electron chi connectivity index (χ1n) is 6.46. The number of ether oxygens (including phenoxy) is 1. The van der Waals surface area contributed by atoms with Crippen LogP contribution in [0.25, 0.3) is 11.3 Å². The van der Waals surface area contributed by atoms with Gasteiger partial charge in [0.1, 0.15) is 5.75 Å². The van der Waals surface area contributed by atoms with Crippen LogP contribution in [0.2, 0.25) is 5.02 Å². The van der Waals surface area contributed by atoms with Gasteiger partial charge in [-0.05, 0) is 42.5 Å². The van der Waals surface area contributed by atoms with E-state index in [2.05, 4.69) is 15.5 Å². The normalized spacial score (nSPS) is 10.4. The molecule has 1 heterocycles. The SMILES string of the molecule is COc1ccc(-c2[nH]ncc2Nc2cccc(Cl)c2)cc1. The minimum atomic E-state index is 0.689. The lowest BCUT2D eigenvalue weighted by Gasteiger charge is -2.08. The number of benzene rings is 2. The molecule has 0 saturated carbocycles. The summed E-state index contributed by atoms with van der Waals surface area (Å²) in [6, 6.07) is 15.4. The van der Waals surface area contributed by atoms with Gasteiger partial charge >= 0.3 is 0 Å². The van der Waals surface area contributed by atoms with E-state index in [1.165, 1.54) is 0 Å². The van der Waals surface area contributed by atoms with Crippen molar-refractivity contribution in [3.63, 3.8) is 0 Å². The Hall–Kier alpha value is -2.46. The second kappa shape index (κ2) is 5.89. The number of nitrogens with one attached hydrogen (secondary N) is 2. The zero-order valence-corrected chi connectivity index (χ0v) is 12.2. The third kappa shape index (κ3) is 3.01. The van der Waals surface area contributed by atoms with Gasteiger partial charge in [-0.2, -0.15) is 5.10 Å². The van der Waals surface area contributed by atoms with Crippen LogP contribution in [0.3, 0.4) is 0 Å². The van der Waals surface area contributed by atoms with E-state index in [4.69, 9.17) is 16.3 Å². The van der Waals surface area contributed by atoms with E-state index < -0.39 is 0 Å². The molecule has 0 bridgehead atoms. The minimum Gasteiger partial charge on any atom is -0.497 e. The van der Waals surface area contributed by atoms with E-state index in [0.29, 0.717) is 5.02 Å². The van der Waals surface area contributed by atoms with Gasteiger partial charge in [-0.3, -0.25) is 5.10 Å². The Bertz CT molecular complexity index is 737. The van der Waals surface area contributed by atoms with Crippen LogP contribution >= 0.6 is 11.6 Å². The highest BCUT2D eigenvalue weighted by molar-refractivity contribution is 6.30. The Labute approximate surface area is 127 Å². The average Bonchev–Trinajstić information content (AvgIpc) is 2.95. The number of nitrogens with zero attached hydrogens (tertiary/aromatic N) is 1. The number of anilines is 2. The summed E-state index contributed by atoms with van der Waals surface area (Å²) in [5, 5.41) is 11.1. The second-order valence-corrected chi connectivity index (χ2v) is 4.96. The molecule has 0 atom stereocenters. The molecule has 1 aromatic heterocycles. The van der Waals surface area contributed by atoms with Crippen LogP contribution in [0.5, 0.6) is 5.75 Å². The molecule has 106 valence electrons. The van der Waals surface area contributed by atoms with Crippen LogP contribution in [0.4, 0.5) is 11.4 Å². The largest absolute Gasteiger partial charge is 0.497 e. The van der Waals surface area contributed by atoms with Crippen molar-refractivity contribution < 1.29 is 4.74 Å².